The van der Waals surface area contributed by atoms with Gasteiger partial charge in [0.2, 0.25) is 0 Å². The zero-order chi connectivity index (χ0) is 15.7. The van der Waals surface area contributed by atoms with E-state index in [1.54, 1.807) is 29.6 Å². The van der Waals surface area contributed by atoms with E-state index in [0.717, 1.165) is 16.6 Å². The van der Waals surface area contributed by atoms with E-state index < -0.39 is 0 Å². The number of hydrogen-bond donors (Lipinski definition) is 0. The average molecular weight is 310 g/mol. The normalized spacial score (nSPS) is 10.6. The highest BCUT2D eigenvalue weighted by molar-refractivity contribution is 7.12. The summed E-state index contributed by atoms with van der Waals surface area (Å²) in [5.74, 6) is -0.166. The molecule has 0 radical (unpaired) electrons. The summed E-state index contributed by atoms with van der Waals surface area (Å²) in [6.45, 7) is 1.50. The number of carbonyl (C=O) groups excluding carboxylic acids is 2. The molecule has 0 N–H and O–H groups in total. The summed E-state index contributed by atoms with van der Waals surface area (Å²) in [5, 5.41) is 2.64. The molecular weight excluding hydrogens is 296 g/mol. The second-order valence-electron chi connectivity index (χ2n) is 4.97. The minimum atomic E-state index is -0.131. The quantitative estimate of drug-likeness (QED) is 0.692. The number of aromatic nitrogens is 1. The standard InChI is InChI=1S/C17H14N2O2S/c1-11(20)12-9-16(22-10-12)17(21)19(2)15-7-3-6-14-13(15)5-4-8-18-14/h3-10H,1-2H3. The summed E-state index contributed by atoms with van der Waals surface area (Å²) < 4.78 is 0. The molecule has 1 amide bonds. The molecular formula is C17H14N2O2S. The molecule has 1 aromatic carbocycles. The molecule has 4 nitrogen and oxygen atoms in total. The maximum absolute atomic E-state index is 12.6. The van der Waals surface area contributed by atoms with Gasteiger partial charge in [-0.2, -0.15) is 0 Å². The smallest absolute Gasteiger partial charge is 0.268 e. The van der Waals surface area contributed by atoms with Gasteiger partial charge in [-0.25, -0.2) is 0 Å². The van der Waals surface area contributed by atoms with E-state index in [0.29, 0.717) is 10.4 Å². The molecule has 0 aliphatic heterocycles. The van der Waals surface area contributed by atoms with Crippen LogP contribution in [-0.4, -0.2) is 23.7 Å². The van der Waals surface area contributed by atoms with Crippen molar-refractivity contribution in [2.45, 2.75) is 6.92 Å². The van der Waals surface area contributed by atoms with Gasteiger partial charge in [0.15, 0.2) is 5.78 Å². The van der Waals surface area contributed by atoms with Gasteiger partial charge in [-0.05, 0) is 37.3 Å². The van der Waals surface area contributed by atoms with Crippen LogP contribution < -0.4 is 4.90 Å². The van der Waals surface area contributed by atoms with Crippen LogP contribution in [0.25, 0.3) is 10.9 Å². The van der Waals surface area contributed by atoms with Gasteiger partial charge in [-0.15, -0.1) is 11.3 Å². The molecule has 2 heterocycles. The third kappa shape index (κ3) is 2.51. The Morgan fingerprint density at radius 3 is 2.73 bits per heavy atom. The molecule has 3 rings (SSSR count). The fourth-order valence-electron chi connectivity index (χ4n) is 2.29. The Morgan fingerprint density at radius 1 is 1.18 bits per heavy atom. The second kappa shape index (κ2) is 5.69. The predicted octanol–water partition coefficient (Wildman–Crippen LogP) is 3.78. The topological polar surface area (TPSA) is 50.3 Å². The Balaban J connectivity index is 1.99. The van der Waals surface area contributed by atoms with Crippen LogP contribution in [0.3, 0.4) is 0 Å². The lowest BCUT2D eigenvalue weighted by atomic mass is 10.1. The number of anilines is 1. The van der Waals surface area contributed by atoms with Gasteiger partial charge in [0.1, 0.15) is 0 Å². The Hall–Kier alpha value is -2.53. The number of hydrogen-bond acceptors (Lipinski definition) is 4. The van der Waals surface area contributed by atoms with Crippen LogP contribution in [0.5, 0.6) is 0 Å². The van der Waals surface area contributed by atoms with Crippen LogP contribution in [0.2, 0.25) is 0 Å². The number of nitrogens with zero attached hydrogens (tertiary/aromatic N) is 2. The molecule has 0 fully saturated rings. The van der Waals surface area contributed by atoms with Crippen molar-refractivity contribution in [3.05, 3.63) is 58.4 Å². The van der Waals surface area contributed by atoms with Gasteiger partial charge in [-0.1, -0.05) is 6.07 Å². The third-order valence-electron chi connectivity index (χ3n) is 3.51. The maximum Gasteiger partial charge on any atom is 0.268 e. The van der Waals surface area contributed by atoms with Crippen LogP contribution in [0, 0.1) is 0 Å². The van der Waals surface area contributed by atoms with Crippen LogP contribution >= 0.6 is 11.3 Å². The Labute approximate surface area is 132 Å². The number of ketones is 1. The number of Topliss-reactive ketones (excluding diaryl/α,β-unsaturated/α-hetero) is 1. The van der Waals surface area contributed by atoms with Gasteiger partial charge in [-0.3, -0.25) is 14.6 Å². The molecule has 5 heteroatoms. The van der Waals surface area contributed by atoms with E-state index in [1.165, 1.54) is 18.3 Å². The zero-order valence-electron chi connectivity index (χ0n) is 12.2. The molecule has 110 valence electrons. The van der Waals surface area contributed by atoms with Crippen molar-refractivity contribution in [3.63, 3.8) is 0 Å². The summed E-state index contributed by atoms with van der Waals surface area (Å²) in [4.78, 5) is 30.4. The molecule has 22 heavy (non-hydrogen) atoms. The van der Waals surface area contributed by atoms with Crippen molar-refractivity contribution in [1.29, 1.82) is 0 Å². The lowest BCUT2D eigenvalue weighted by Crippen LogP contribution is -2.25. The first-order chi connectivity index (χ1) is 10.6. The largest absolute Gasteiger partial charge is 0.310 e. The summed E-state index contributed by atoms with van der Waals surface area (Å²) >= 11 is 1.29. The van der Waals surface area contributed by atoms with Gasteiger partial charge in [0.25, 0.3) is 5.91 Å². The Bertz CT molecular complexity index is 864. The minimum Gasteiger partial charge on any atom is -0.310 e. The first-order valence-corrected chi connectivity index (χ1v) is 7.67. The van der Waals surface area contributed by atoms with Crippen molar-refractivity contribution in [2.24, 2.45) is 0 Å². The maximum atomic E-state index is 12.6. The van der Waals surface area contributed by atoms with Gasteiger partial charge < -0.3 is 4.90 Å². The van der Waals surface area contributed by atoms with E-state index in [4.69, 9.17) is 0 Å². The second-order valence-corrected chi connectivity index (χ2v) is 5.88. The first kappa shape index (κ1) is 14.4. The van der Waals surface area contributed by atoms with E-state index >= 15 is 0 Å². The summed E-state index contributed by atoms with van der Waals surface area (Å²) in [5.41, 5.74) is 2.21. The molecule has 0 aliphatic carbocycles. The number of fused-ring (bicyclic) bond motifs is 1. The Kier molecular flexibility index (Phi) is 3.73. The van der Waals surface area contributed by atoms with Gasteiger partial charge in [0, 0.05) is 29.6 Å². The molecule has 2 aromatic heterocycles. The number of carbonyl (C=O) groups is 2. The molecule has 0 aliphatic rings. The highest BCUT2D eigenvalue weighted by Crippen LogP contribution is 2.27. The molecule has 0 spiro atoms. The molecule has 0 saturated carbocycles. The summed E-state index contributed by atoms with van der Waals surface area (Å²) in [7, 11) is 1.73. The highest BCUT2D eigenvalue weighted by atomic mass is 32.1. The first-order valence-electron chi connectivity index (χ1n) is 6.79. The fourth-order valence-corrected chi connectivity index (χ4v) is 3.21. The molecule has 0 saturated heterocycles. The lowest BCUT2D eigenvalue weighted by molar-refractivity contribution is 0.0996. The van der Waals surface area contributed by atoms with E-state index in [1.807, 2.05) is 30.3 Å². The molecule has 0 atom stereocenters. The Morgan fingerprint density at radius 2 is 2.00 bits per heavy atom. The highest BCUT2D eigenvalue weighted by Gasteiger charge is 2.18. The number of rotatable bonds is 3. The minimum absolute atomic E-state index is 0.0349. The van der Waals surface area contributed by atoms with Crippen molar-refractivity contribution in [3.8, 4) is 0 Å². The monoisotopic (exact) mass is 310 g/mol. The van der Waals surface area contributed by atoms with Gasteiger partial charge in [0.05, 0.1) is 16.1 Å². The van der Waals surface area contributed by atoms with Gasteiger partial charge >= 0.3 is 0 Å². The lowest BCUT2D eigenvalue weighted by Gasteiger charge is -2.18. The number of pyridine rings is 1. The summed E-state index contributed by atoms with van der Waals surface area (Å²) in [6, 6.07) is 11.1. The number of thiophene rings is 1. The van der Waals surface area contributed by atoms with Crippen molar-refractivity contribution >= 4 is 39.6 Å². The van der Waals surface area contributed by atoms with Crippen molar-refractivity contribution in [2.75, 3.05) is 11.9 Å². The number of benzene rings is 1. The fraction of sp³-hybridized carbons (Fsp3) is 0.118. The van der Waals surface area contributed by atoms with E-state index in [9.17, 15) is 9.59 Å². The molecule has 0 bridgehead atoms. The van der Waals surface area contributed by atoms with E-state index in [2.05, 4.69) is 4.98 Å². The van der Waals surface area contributed by atoms with Crippen LogP contribution in [0.1, 0.15) is 27.0 Å². The van der Waals surface area contributed by atoms with Crippen molar-refractivity contribution < 1.29 is 9.59 Å². The molecule has 3 aromatic rings. The average Bonchev–Trinajstić information content (AvgIpc) is 3.03. The SMILES string of the molecule is CC(=O)c1csc(C(=O)N(C)c2cccc3ncccc23)c1. The van der Waals surface area contributed by atoms with Crippen LogP contribution in [0.4, 0.5) is 5.69 Å². The predicted molar refractivity (Wildman–Crippen MR) is 88.8 cm³/mol. The van der Waals surface area contributed by atoms with Crippen LogP contribution in [0.15, 0.2) is 48.0 Å². The van der Waals surface area contributed by atoms with Crippen LogP contribution in [-0.2, 0) is 0 Å². The molecule has 0 unspecified atom stereocenters. The summed E-state index contributed by atoms with van der Waals surface area (Å²) in [6.07, 6.45) is 1.73. The third-order valence-corrected chi connectivity index (χ3v) is 4.42. The zero-order valence-corrected chi connectivity index (χ0v) is 13.1. The van der Waals surface area contributed by atoms with E-state index in [-0.39, 0.29) is 11.7 Å². The van der Waals surface area contributed by atoms with Crippen molar-refractivity contribution in [1.82, 2.24) is 4.98 Å². The number of amides is 1.